The van der Waals surface area contributed by atoms with Gasteiger partial charge >= 0.3 is 0 Å². The maximum absolute atomic E-state index is 12.9. The molecule has 0 fully saturated rings. The lowest BCUT2D eigenvalue weighted by Crippen LogP contribution is -2.37. The first-order valence-electron chi connectivity index (χ1n) is 8.23. The molecule has 25 heavy (non-hydrogen) atoms. The zero-order chi connectivity index (χ0) is 18.2. The highest BCUT2D eigenvalue weighted by molar-refractivity contribution is 5.98. The van der Waals surface area contributed by atoms with Gasteiger partial charge < -0.3 is 10.2 Å². The highest BCUT2D eigenvalue weighted by Crippen LogP contribution is 2.13. The monoisotopic (exact) mass is 337 g/mol. The average molecular weight is 337 g/mol. The van der Waals surface area contributed by atoms with Crippen LogP contribution in [-0.2, 0) is 6.54 Å². The van der Waals surface area contributed by atoms with Gasteiger partial charge in [-0.2, -0.15) is 0 Å². The normalized spacial score (nSPS) is 10.4. The molecule has 130 valence electrons. The molecule has 2 aromatic rings. The first-order chi connectivity index (χ1) is 12.0. The van der Waals surface area contributed by atoms with E-state index in [1.807, 2.05) is 44.2 Å². The van der Waals surface area contributed by atoms with Crippen LogP contribution in [0, 0.1) is 0 Å². The van der Waals surface area contributed by atoms with E-state index in [1.165, 1.54) is 12.3 Å². The third-order valence-corrected chi connectivity index (χ3v) is 3.73. The Balaban J connectivity index is 2.21. The number of carbonyl (C=O) groups is 2. The Morgan fingerprint density at radius 1 is 1.24 bits per heavy atom. The SMILES string of the molecule is C=CCNC(=O)c1ccnc(C(=O)N(Cc2ccccc2)C(C)C)c1. The Labute approximate surface area is 148 Å². The van der Waals surface area contributed by atoms with Gasteiger partial charge in [0.05, 0.1) is 0 Å². The van der Waals surface area contributed by atoms with Gasteiger partial charge in [0.15, 0.2) is 0 Å². The molecule has 2 amide bonds. The molecule has 5 nitrogen and oxygen atoms in total. The Hall–Kier alpha value is -2.95. The molecular weight excluding hydrogens is 314 g/mol. The predicted molar refractivity (Wildman–Crippen MR) is 98.2 cm³/mol. The molecule has 1 N–H and O–H groups in total. The molecule has 0 aliphatic heterocycles. The van der Waals surface area contributed by atoms with Gasteiger partial charge in [0.1, 0.15) is 5.69 Å². The van der Waals surface area contributed by atoms with Gasteiger partial charge in [-0.3, -0.25) is 14.6 Å². The first kappa shape index (κ1) is 18.4. The fraction of sp³-hybridized carbons (Fsp3) is 0.250. The molecule has 1 heterocycles. The molecule has 0 unspecified atom stereocenters. The van der Waals surface area contributed by atoms with Crippen LogP contribution >= 0.6 is 0 Å². The van der Waals surface area contributed by atoms with Gasteiger partial charge in [-0.15, -0.1) is 6.58 Å². The number of benzene rings is 1. The van der Waals surface area contributed by atoms with Crippen molar-refractivity contribution in [1.29, 1.82) is 0 Å². The number of nitrogens with zero attached hydrogens (tertiary/aromatic N) is 2. The lowest BCUT2D eigenvalue weighted by atomic mass is 10.1. The number of amides is 2. The van der Waals surface area contributed by atoms with Crippen molar-refractivity contribution in [2.45, 2.75) is 26.4 Å². The number of pyridine rings is 1. The molecule has 0 saturated heterocycles. The van der Waals surface area contributed by atoms with Crippen molar-refractivity contribution in [3.05, 3.63) is 78.1 Å². The molecule has 0 atom stereocenters. The van der Waals surface area contributed by atoms with E-state index in [1.54, 1.807) is 17.0 Å². The average Bonchev–Trinajstić information content (AvgIpc) is 2.64. The summed E-state index contributed by atoms with van der Waals surface area (Å²) in [6.45, 7) is 8.35. The summed E-state index contributed by atoms with van der Waals surface area (Å²) in [4.78, 5) is 30.9. The van der Waals surface area contributed by atoms with E-state index in [4.69, 9.17) is 0 Å². The molecule has 1 aromatic heterocycles. The van der Waals surface area contributed by atoms with Gasteiger partial charge in [0.25, 0.3) is 11.8 Å². The third kappa shape index (κ3) is 5.01. The van der Waals surface area contributed by atoms with Crippen molar-refractivity contribution in [3.8, 4) is 0 Å². The van der Waals surface area contributed by atoms with E-state index < -0.39 is 0 Å². The molecule has 0 radical (unpaired) electrons. The minimum absolute atomic E-state index is 0.00718. The van der Waals surface area contributed by atoms with Crippen molar-refractivity contribution in [2.75, 3.05) is 6.54 Å². The summed E-state index contributed by atoms with van der Waals surface area (Å²) in [5, 5.41) is 2.70. The molecule has 0 aliphatic carbocycles. The molecule has 0 saturated carbocycles. The van der Waals surface area contributed by atoms with Gasteiger partial charge in [-0.1, -0.05) is 36.4 Å². The highest BCUT2D eigenvalue weighted by atomic mass is 16.2. The minimum atomic E-state index is -0.254. The lowest BCUT2D eigenvalue weighted by molar-refractivity contribution is 0.0684. The van der Waals surface area contributed by atoms with E-state index in [2.05, 4.69) is 16.9 Å². The Bertz CT molecular complexity index is 742. The van der Waals surface area contributed by atoms with Crippen LogP contribution in [0.2, 0.25) is 0 Å². The van der Waals surface area contributed by atoms with E-state index >= 15 is 0 Å². The fourth-order valence-electron chi connectivity index (χ4n) is 2.37. The van der Waals surface area contributed by atoms with Crippen LogP contribution in [0.5, 0.6) is 0 Å². The first-order valence-corrected chi connectivity index (χ1v) is 8.23. The second-order valence-electron chi connectivity index (χ2n) is 5.94. The molecule has 0 bridgehead atoms. The van der Waals surface area contributed by atoms with Crippen molar-refractivity contribution >= 4 is 11.8 Å². The van der Waals surface area contributed by atoms with Crippen LogP contribution < -0.4 is 5.32 Å². The molecular formula is C20H23N3O2. The summed E-state index contributed by atoms with van der Waals surface area (Å²) in [5.41, 5.74) is 1.71. The van der Waals surface area contributed by atoms with E-state index in [0.29, 0.717) is 18.7 Å². The van der Waals surface area contributed by atoms with Crippen LogP contribution in [0.15, 0.2) is 61.3 Å². The lowest BCUT2D eigenvalue weighted by Gasteiger charge is -2.26. The Kier molecular flexibility index (Phi) is 6.46. The van der Waals surface area contributed by atoms with Crippen LogP contribution in [0.3, 0.4) is 0 Å². The largest absolute Gasteiger partial charge is 0.349 e. The Morgan fingerprint density at radius 2 is 1.96 bits per heavy atom. The molecule has 2 rings (SSSR count). The summed E-state index contributed by atoms with van der Waals surface area (Å²) >= 11 is 0. The van der Waals surface area contributed by atoms with Crippen molar-refractivity contribution in [1.82, 2.24) is 15.2 Å². The van der Waals surface area contributed by atoms with Crippen LogP contribution in [0.25, 0.3) is 0 Å². The Morgan fingerprint density at radius 3 is 2.60 bits per heavy atom. The van der Waals surface area contributed by atoms with Crippen molar-refractivity contribution < 1.29 is 9.59 Å². The summed E-state index contributed by atoms with van der Waals surface area (Å²) in [6, 6.07) is 12.9. The van der Waals surface area contributed by atoms with E-state index in [0.717, 1.165) is 5.56 Å². The van der Waals surface area contributed by atoms with Gasteiger partial charge in [-0.25, -0.2) is 0 Å². The summed E-state index contributed by atoms with van der Waals surface area (Å²) in [6.07, 6.45) is 3.09. The highest BCUT2D eigenvalue weighted by Gasteiger charge is 2.21. The molecule has 5 heteroatoms. The summed E-state index contributed by atoms with van der Waals surface area (Å²) in [5.74, 6) is -0.451. The van der Waals surface area contributed by atoms with E-state index in [-0.39, 0.29) is 23.6 Å². The van der Waals surface area contributed by atoms with Gasteiger partial charge in [0, 0.05) is 30.9 Å². The standard InChI is InChI=1S/C20H23N3O2/c1-4-11-22-19(24)17-10-12-21-18(13-17)20(25)23(15(2)3)14-16-8-6-5-7-9-16/h4-10,12-13,15H,1,11,14H2,2-3H3,(H,22,24). The summed E-state index contributed by atoms with van der Waals surface area (Å²) < 4.78 is 0. The zero-order valence-corrected chi connectivity index (χ0v) is 14.6. The topological polar surface area (TPSA) is 62.3 Å². The van der Waals surface area contributed by atoms with Crippen molar-refractivity contribution in [2.24, 2.45) is 0 Å². The number of nitrogens with one attached hydrogen (secondary N) is 1. The maximum atomic E-state index is 12.9. The second-order valence-corrected chi connectivity index (χ2v) is 5.94. The van der Waals surface area contributed by atoms with Crippen LogP contribution in [-0.4, -0.2) is 34.3 Å². The third-order valence-electron chi connectivity index (χ3n) is 3.73. The number of carbonyl (C=O) groups excluding carboxylic acids is 2. The predicted octanol–water partition coefficient (Wildman–Crippen LogP) is 3.05. The maximum Gasteiger partial charge on any atom is 0.272 e. The fourth-order valence-corrected chi connectivity index (χ4v) is 2.37. The summed E-state index contributed by atoms with van der Waals surface area (Å²) in [7, 11) is 0. The molecule has 1 aromatic carbocycles. The second kappa shape index (κ2) is 8.78. The number of hydrogen-bond acceptors (Lipinski definition) is 3. The molecule has 0 spiro atoms. The smallest absolute Gasteiger partial charge is 0.272 e. The minimum Gasteiger partial charge on any atom is -0.349 e. The van der Waals surface area contributed by atoms with Gasteiger partial charge in [0.2, 0.25) is 0 Å². The van der Waals surface area contributed by atoms with Crippen molar-refractivity contribution in [3.63, 3.8) is 0 Å². The van der Waals surface area contributed by atoms with Gasteiger partial charge in [-0.05, 0) is 31.5 Å². The molecule has 0 aliphatic rings. The van der Waals surface area contributed by atoms with Crippen LogP contribution in [0.1, 0.15) is 40.3 Å². The van der Waals surface area contributed by atoms with E-state index in [9.17, 15) is 9.59 Å². The number of rotatable bonds is 7. The van der Waals surface area contributed by atoms with Crippen LogP contribution in [0.4, 0.5) is 0 Å². The zero-order valence-electron chi connectivity index (χ0n) is 14.6. The number of aromatic nitrogens is 1. The number of hydrogen-bond donors (Lipinski definition) is 1. The quantitative estimate of drug-likeness (QED) is 0.790.